The van der Waals surface area contributed by atoms with Gasteiger partial charge in [-0.3, -0.25) is 9.59 Å². The number of benzene rings is 1. The van der Waals surface area contributed by atoms with E-state index < -0.39 is 17.7 Å². The largest absolute Gasteiger partial charge is 0.503 e. The molecule has 1 aliphatic rings. The molecule has 0 fully saturated rings. The van der Waals surface area contributed by atoms with Crippen molar-refractivity contribution in [2.45, 2.75) is 18.9 Å². The summed E-state index contributed by atoms with van der Waals surface area (Å²) in [7, 11) is 0. The van der Waals surface area contributed by atoms with Gasteiger partial charge in [-0.1, -0.05) is 30.3 Å². The van der Waals surface area contributed by atoms with Crippen molar-refractivity contribution in [3.8, 4) is 0 Å². The molecule has 7 heteroatoms. The lowest BCUT2D eigenvalue weighted by Gasteiger charge is -2.24. The number of aliphatic hydroxyl groups is 2. The number of nitrogens with zero attached hydrogens (tertiary/aromatic N) is 1. The molecular weight excluding hydrogens is 362 g/mol. The molecule has 0 aliphatic carbocycles. The van der Waals surface area contributed by atoms with Crippen LogP contribution >= 0.6 is 0 Å². The van der Waals surface area contributed by atoms with Gasteiger partial charge in [-0.15, -0.1) is 0 Å². The molecule has 1 aromatic carbocycles. The zero-order chi connectivity index (χ0) is 19.9. The molecule has 0 saturated carbocycles. The predicted molar refractivity (Wildman–Crippen MR) is 100 cm³/mol. The smallest absolute Gasteiger partial charge is 0.290 e. The van der Waals surface area contributed by atoms with Crippen molar-refractivity contribution in [2.75, 3.05) is 26.4 Å². The van der Waals surface area contributed by atoms with Gasteiger partial charge < -0.3 is 24.3 Å². The van der Waals surface area contributed by atoms with Crippen LogP contribution in [-0.2, 0) is 20.7 Å². The summed E-state index contributed by atoms with van der Waals surface area (Å²) in [5, 5.41) is 19.2. The standard InChI is InChI=1S/C21H23NO6/c23-11-14-27-13-10-22-19(17-7-4-12-28-17)18(20(25)21(22)26)16(24)9-8-15-5-2-1-3-6-15/h1-7,12,19,23,25H,8-11,13-14H2. The number of ketones is 1. The number of aliphatic hydroxyl groups excluding tert-OH is 2. The van der Waals surface area contributed by atoms with E-state index in [1.54, 1.807) is 12.1 Å². The lowest BCUT2D eigenvalue weighted by molar-refractivity contribution is -0.130. The summed E-state index contributed by atoms with van der Waals surface area (Å²) in [6, 6.07) is 12.1. The molecular formula is C21H23NO6. The summed E-state index contributed by atoms with van der Waals surface area (Å²) >= 11 is 0. The Morgan fingerprint density at radius 1 is 1.14 bits per heavy atom. The van der Waals surface area contributed by atoms with Crippen molar-refractivity contribution in [2.24, 2.45) is 0 Å². The van der Waals surface area contributed by atoms with Gasteiger partial charge in [-0.2, -0.15) is 0 Å². The fourth-order valence-corrected chi connectivity index (χ4v) is 3.28. The number of Topliss-reactive ketones (excluding diaryl/α,β-unsaturated/α-hetero) is 1. The van der Waals surface area contributed by atoms with Crippen molar-refractivity contribution < 1.29 is 29.0 Å². The number of rotatable bonds is 10. The van der Waals surface area contributed by atoms with Gasteiger partial charge >= 0.3 is 0 Å². The molecule has 2 heterocycles. The van der Waals surface area contributed by atoms with E-state index in [9.17, 15) is 14.7 Å². The third-order valence-electron chi connectivity index (χ3n) is 4.61. The van der Waals surface area contributed by atoms with E-state index in [2.05, 4.69) is 0 Å². The van der Waals surface area contributed by atoms with Crippen LogP contribution in [0, 0.1) is 0 Å². The SMILES string of the molecule is O=C(CCc1ccccc1)C1=C(O)C(=O)N(CCOCCO)C1c1ccco1. The van der Waals surface area contributed by atoms with Gasteiger partial charge in [0, 0.05) is 13.0 Å². The Kier molecular flexibility index (Phi) is 6.62. The van der Waals surface area contributed by atoms with E-state index in [-0.39, 0.29) is 44.1 Å². The molecule has 0 bridgehead atoms. The van der Waals surface area contributed by atoms with Gasteiger partial charge in [0.15, 0.2) is 11.5 Å². The summed E-state index contributed by atoms with van der Waals surface area (Å²) in [4.78, 5) is 26.8. The number of hydrogen-bond acceptors (Lipinski definition) is 6. The quantitative estimate of drug-likeness (QED) is 0.608. The van der Waals surface area contributed by atoms with Crippen LogP contribution in [0.1, 0.15) is 23.8 Å². The van der Waals surface area contributed by atoms with Gasteiger partial charge in [0.25, 0.3) is 5.91 Å². The highest BCUT2D eigenvalue weighted by Gasteiger charge is 2.44. The average molecular weight is 385 g/mol. The Balaban J connectivity index is 1.78. The number of carbonyl (C=O) groups excluding carboxylic acids is 2. The highest BCUT2D eigenvalue weighted by Crippen LogP contribution is 2.38. The van der Waals surface area contributed by atoms with E-state index >= 15 is 0 Å². The third-order valence-corrected chi connectivity index (χ3v) is 4.61. The molecule has 0 radical (unpaired) electrons. The molecule has 1 unspecified atom stereocenters. The Morgan fingerprint density at radius 2 is 1.93 bits per heavy atom. The van der Waals surface area contributed by atoms with Gasteiger partial charge in [-0.05, 0) is 24.1 Å². The minimum Gasteiger partial charge on any atom is -0.503 e. The Bertz CT molecular complexity index is 828. The van der Waals surface area contributed by atoms with Crippen LogP contribution < -0.4 is 0 Å². The molecule has 1 aliphatic heterocycles. The second-order valence-electron chi connectivity index (χ2n) is 6.42. The molecule has 3 rings (SSSR count). The van der Waals surface area contributed by atoms with Crippen molar-refractivity contribution in [3.63, 3.8) is 0 Å². The van der Waals surface area contributed by atoms with Gasteiger partial charge in [-0.25, -0.2) is 0 Å². The van der Waals surface area contributed by atoms with Crippen LogP contribution in [0.25, 0.3) is 0 Å². The summed E-state index contributed by atoms with van der Waals surface area (Å²) in [5.41, 5.74) is 1.06. The van der Waals surface area contributed by atoms with Crippen molar-refractivity contribution >= 4 is 11.7 Å². The zero-order valence-corrected chi connectivity index (χ0v) is 15.4. The molecule has 148 valence electrons. The summed E-state index contributed by atoms with van der Waals surface area (Å²) < 4.78 is 10.7. The zero-order valence-electron chi connectivity index (χ0n) is 15.4. The first-order valence-electron chi connectivity index (χ1n) is 9.16. The summed E-state index contributed by atoms with van der Waals surface area (Å²) in [6.45, 7) is 0.351. The van der Waals surface area contributed by atoms with E-state index in [0.29, 0.717) is 12.2 Å². The van der Waals surface area contributed by atoms with Crippen molar-refractivity contribution in [1.29, 1.82) is 0 Å². The minimum atomic E-state index is -0.788. The lowest BCUT2D eigenvalue weighted by Crippen LogP contribution is -2.34. The maximum atomic E-state index is 12.9. The number of aryl methyl sites for hydroxylation is 1. The van der Waals surface area contributed by atoms with E-state index in [0.717, 1.165) is 5.56 Å². The predicted octanol–water partition coefficient (Wildman–Crippen LogP) is 2.19. The minimum absolute atomic E-state index is 0.0537. The highest BCUT2D eigenvalue weighted by atomic mass is 16.5. The molecule has 2 aromatic rings. The molecule has 1 aromatic heterocycles. The third kappa shape index (κ3) is 4.32. The van der Waals surface area contributed by atoms with Crippen LogP contribution in [-0.4, -0.2) is 53.2 Å². The number of amides is 1. The first kappa shape index (κ1) is 19.9. The molecule has 0 spiro atoms. The van der Waals surface area contributed by atoms with Crippen LogP contribution in [0.2, 0.25) is 0 Å². The molecule has 2 N–H and O–H groups in total. The van der Waals surface area contributed by atoms with Crippen molar-refractivity contribution in [3.05, 3.63) is 71.4 Å². The fraction of sp³-hybridized carbons (Fsp3) is 0.333. The number of carbonyl (C=O) groups is 2. The Hall–Kier alpha value is -2.90. The first-order chi connectivity index (χ1) is 13.6. The Morgan fingerprint density at radius 3 is 2.61 bits per heavy atom. The van der Waals surface area contributed by atoms with E-state index in [1.807, 2.05) is 30.3 Å². The Labute approximate surface area is 162 Å². The van der Waals surface area contributed by atoms with Gasteiger partial charge in [0.05, 0.1) is 31.7 Å². The maximum Gasteiger partial charge on any atom is 0.290 e. The normalized spacial score (nSPS) is 16.8. The molecule has 28 heavy (non-hydrogen) atoms. The number of hydrogen-bond donors (Lipinski definition) is 2. The second-order valence-corrected chi connectivity index (χ2v) is 6.42. The van der Waals surface area contributed by atoms with Crippen LogP contribution in [0.15, 0.2) is 64.5 Å². The molecule has 7 nitrogen and oxygen atoms in total. The van der Waals surface area contributed by atoms with Gasteiger partial charge in [0.1, 0.15) is 11.8 Å². The topological polar surface area (TPSA) is 100 Å². The number of furan rings is 1. The summed E-state index contributed by atoms with van der Waals surface area (Å²) in [5.74, 6) is -1.06. The summed E-state index contributed by atoms with van der Waals surface area (Å²) in [6.07, 6.45) is 2.14. The van der Waals surface area contributed by atoms with Gasteiger partial charge in [0.2, 0.25) is 0 Å². The van der Waals surface area contributed by atoms with E-state index in [4.69, 9.17) is 14.3 Å². The number of ether oxygens (including phenoxy) is 1. The highest BCUT2D eigenvalue weighted by molar-refractivity contribution is 6.08. The van der Waals surface area contributed by atoms with Crippen LogP contribution in [0.5, 0.6) is 0 Å². The fourth-order valence-electron chi connectivity index (χ4n) is 3.28. The average Bonchev–Trinajstić information content (AvgIpc) is 3.32. The molecule has 0 saturated heterocycles. The van der Waals surface area contributed by atoms with Crippen LogP contribution in [0.3, 0.4) is 0 Å². The monoisotopic (exact) mass is 385 g/mol. The maximum absolute atomic E-state index is 12.9. The molecule has 1 atom stereocenters. The van der Waals surface area contributed by atoms with Crippen molar-refractivity contribution in [1.82, 2.24) is 4.90 Å². The van der Waals surface area contributed by atoms with E-state index in [1.165, 1.54) is 11.2 Å². The first-order valence-corrected chi connectivity index (χ1v) is 9.16. The lowest BCUT2D eigenvalue weighted by atomic mass is 9.96. The molecule has 1 amide bonds. The second kappa shape index (κ2) is 9.34. The van der Waals surface area contributed by atoms with Crippen LogP contribution in [0.4, 0.5) is 0 Å².